The molecule has 0 bridgehead atoms. The molecule has 1 aliphatic rings. The summed E-state index contributed by atoms with van der Waals surface area (Å²) >= 11 is 0. The number of aryl methyl sites for hydroxylation is 1. The molecule has 174 valence electrons. The van der Waals surface area contributed by atoms with Gasteiger partial charge in [-0.25, -0.2) is 4.39 Å². The van der Waals surface area contributed by atoms with Crippen LogP contribution in [-0.4, -0.2) is 54.0 Å². The average molecular weight is 447 g/mol. The Hall–Kier alpha value is -2.71. The summed E-state index contributed by atoms with van der Waals surface area (Å²) in [5.74, 6) is -0.863. The van der Waals surface area contributed by atoms with Gasteiger partial charge in [0.25, 0.3) is 5.56 Å². The molecule has 0 amide bonds. The zero-order valence-electron chi connectivity index (χ0n) is 18.8. The Bertz CT molecular complexity index is 981. The van der Waals surface area contributed by atoms with E-state index in [1.807, 2.05) is 0 Å². The van der Waals surface area contributed by atoms with Crippen LogP contribution in [-0.2, 0) is 20.8 Å². The van der Waals surface area contributed by atoms with Crippen LogP contribution < -0.4 is 5.56 Å². The molecular formula is C24H31FN2O5. The van der Waals surface area contributed by atoms with Gasteiger partial charge in [-0.05, 0) is 63.5 Å². The van der Waals surface area contributed by atoms with E-state index in [0.29, 0.717) is 56.9 Å². The van der Waals surface area contributed by atoms with Gasteiger partial charge >= 0.3 is 5.97 Å². The zero-order chi connectivity index (χ0) is 23.3. The fourth-order valence-corrected chi connectivity index (χ4v) is 4.34. The molecule has 1 fully saturated rings. The molecule has 1 atom stereocenters. The van der Waals surface area contributed by atoms with Gasteiger partial charge < -0.3 is 19.1 Å². The van der Waals surface area contributed by atoms with Crippen molar-refractivity contribution in [3.63, 3.8) is 0 Å². The maximum atomic E-state index is 13.6. The Morgan fingerprint density at radius 3 is 2.50 bits per heavy atom. The van der Waals surface area contributed by atoms with Crippen molar-refractivity contribution < 1.29 is 23.8 Å². The van der Waals surface area contributed by atoms with Crippen LogP contribution in [0.15, 0.2) is 35.1 Å². The summed E-state index contributed by atoms with van der Waals surface area (Å²) in [6.45, 7) is 5.68. The number of likely N-dealkylation sites (tertiary alicyclic amines) is 1. The monoisotopic (exact) mass is 446 g/mol. The van der Waals surface area contributed by atoms with E-state index in [0.717, 1.165) is 0 Å². The highest BCUT2D eigenvalue weighted by Gasteiger charge is 2.34. The lowest BCUT2D eigenvalue weighted by molar-refractivity contribution is -0.149. The number of hydrogen-bond donors (Lipinski definition) is 1. The zero-order valence-corrected chi connectivity index (χ0v) is 18.8. The summed E-state index contributed by atoms with van der Waals surface area (Å²) < 4.78 is 25.5. The highest BCUT2D eigenvalue weighted by atomic mass is 19.1. The van der Waals surface area contributed by atoms with Crippen LogP contribution in [0.1, 0.15) is 42.6 Å². The minimum Gasteiger partial charge on any atom is -0.507 e. The number of carbonyl (C=O) groups excluding carboxylic acids is 1. The van der Waals surface area contributed by atoms with Crippen LogP contribution in [0.5, 0.6) is 5.75 Å². The predicted octanol–water partition coefficient (Wildman–Crippen LogP) is 3.01. The number of aromatic hydroxyl groups is 1. The summed E-state index contributed by atoms with van der Waals surface area (Å²) in [4.78, 5) is 27.7. The van der Waals surface area contributed by atoms with E-state index < -0.39 is 6.04 Å². The SMILES string of the molecule is CCOC(=O)C1CCN(C(c2ccc(F)cc2)c2c(O)cc(C)n(CCOC)c2=O)CC1. The van der Waals surface area contributed by atoms with E-state index in [1.165, 1.54) is 12.1 Å². The van der Waals surface area contributed by atoms with Crippen LogP contribution in [0.3, 0.4) is 0 Å². The number of benzene rings is 1. The number of methoxy groups -OCH3 is 1. The second-order valence-electron chi connectivity index (χ2n) is 8.05. The van der Waals surface area contributed by atoms with E-state index in [-0.39, 0.29) is 34.6 Å². The van der Waals surface area contributed by atoms with E-state index in [4.69, 9.17) is 9.47 Å². The molecule has 1 aromatic carbocycles. The predicted molar refractivity (Wildman–Crippen MR) is 118 cm³/mol. The van der Waals surface area contributed by atoms with Crippen LogP contribution in [0.4, 0.5) is 4.39 Å². The number of carbonyl (C=O) groups is 1. The Morgan fingerprint density at radius 1 is 1.25 bits per heavy atom. The van der Waals surface area contributed by atoms with Crippen molar-refractivity contribution in [2.45, 2.75) is 39.3 Å². The molecule has 2 aromatic rings. The highest BCUT2D eigenvalue weighted by molar-refractivity contribution is 5.72. The molecule has 7 nitrogen and oxygen atoms in total. The summed E-state index contributed by atoms with van der Waals surface area (Å²) in [5, 5.41) is 10.8. The minimum absolute atomic E-state index is 0.0944. The smallest absolute Gasteiger partial charge is 0.309 e. The second-order valence-corrected chi connectivity index (χ2v) is 8.05. The van der Waals surface area contributed by atoms with E-state index in [1.54, 1.807) is 43.7 Å². The van der Waals surface area contributed by atoms with Crippen molar-refractivity contribution in [2.24, 2.45) is 5.92 Å². The summed E-state index contributed by atoms with van der Waals surface area (Å²) in [7, 11) is 1.57. The van der Waals surface area contributed by atoms with E-state index in [9.17, 15) is 19.1 Å². The van der Waals surface area contributed by atoms with Crippen molar-refractivity contribution in [1.82, 2.24) is 9.47 Å². The highest BCUT2D eigenvalue weighted by Crippen LogP contribution is 2.35. The number of halogens is 1. The molecule has 1 aromatic heterocycles. The van der Waals surface area contributed by atoms with Crippen molar-refractivity contribution in [3.8, 4) is 5.75 Å². The van der Waals surface area contributed by atoms with Crippen molar-refractivity contribution >= 4 is 5.97 Å². The van der Waals surface area contributed by atoms with Crippen molar-refractivity contribution in [3.05, 3.63) is 63.3 Å². The molecule has 1 saturated heterocycles. The van der Waals surface area contributed by atoms with E-state index in [2.05, 4.69) is 4.90 Å². The molecule has 1 unspecified atom stereocenters. The van der Waals surface area contributed by atoms with Crippen molar-refractivity contribution in [1.29, 1.82) is 0 Å². The fraction of sp³-hybridized carbons (Fsp3) is 0.500. The topological polar surface area (TPSA) is 81.0 Å². The average Bonchev–Trinajstić information content (AvgIpc) is 2.77. The number of piperidine rings is 1. The second kappa shape index (κ2) is 10.7. The van der Waals surface area contributed by atoms with Gasteiger partial charge in [0.1, 0.15) is 11.6 Å². The van der Waals surface area contributed by atoms with Gasteiger partial charge in [-0.1, -0.05) is 12.1 Å². The Morgan fingerprint density at radius 2 is 1.91 bits per heavy atom. The van der Waals surface area contributed by atoms with Crippen LogP contribution in [0, 0.1) is 18.7 Å². The normalized spacial score (nSPS) is 16.1. The number of esters is 1. The number of nitrogens with zero attached hydrogens (tertiary/aromatic N) is 2. The van der Waals surface area contributed by atoms with Gasteiger partial charge in [-0.3, -0.25) is 14.5 Å². The first-order valence-corrected chi connectivity index (χ1v) is 11.0. The largest absolute Gasteiger partial charge is 0.507 e. The standard InChI is InChI=1S/C24H31FN2O5/c1-4-32-24(30)18-9-11-26(12-10-18)22(17-5-7-19(25)8-6-17)21-20(28)15-16(2)27(23(21)29)13-14-31-3/h5-8,15,18,22,28H,4,9-14H2,1-3H3. The third-order valence-electron chi connectivity index (χ3n) is 6.02. The number of pyridine rings is 1. The number of aromatic nitrogens is 1. The number of rotatable bonds is 8. The van der Waals surface area contributed by atoms with Gasteiger partial charge in [0.05, 0.1) is 30.7 Å². The molecule has 8 heteroatoms. The fourth-order valence-electron chi connectivity index (χ4n) is 4.34. The number of ether oxygens (including phenoxy) is 2. The van der Waals surface area contributed by atoms with Gasteiger partial charge in [-0.2, -0.15) is 0 Å². The lowest BCUT2D eigenvalue weighted by Crippen LogP contribution is -2.42. The Labute approximate surface area is 187 Å². The molecular weight excluding hydrogens is 415 g/mol. The quantitative estimate of drug-likeness (QED) is 0.628. The third-order valence-corrected chi connectivity index (χ3v) is 6.02. The van der Waals surface area contributed by atoms with E-state index >= 15 is 0 Å². The Kier molecular flexibility index (Phi) is 8.04. The summed E-state index contributed by atoms with van der Waals surface area (Å²) in [5.41, 5.74) is 1.27. The molecule has 3 rings (SSSR count). The summed E-state index contributed by atoms with van der Waals surface area (Å²) in [6.07, 6.45) is 1.17. The van der Waals surface area contributed by atoms with Gasteiger partial charge in [-0.15, -0.1) is 0 Å². The van der Waals surface area contributed by atoms with Gasteiger partial charge in [0, 0.05) is 19.3 Å². The van der Waals surface area contributed by atoms with Crippen LogP contribution >= 0.6 is 0 Å². The molecule has 0 radical (unpaired) electrons. The molecule has 0 aliphatic carbocycles. The lowest BCUT2D eigenvalue weighted by atomic mass is 9.91. The first-order valence-electron chi connectivity index (χ1n) is 11.0. The third kappa shape index (κ3) is 5.19. The molecule has 32 heavy (non-hydrogen) atoms. The first kappa shape index (κ1) is 23.9. The Balaban J connectivity index is 2.01. The molecule has 0 spiro atoms. The lowest BCUT2D eigenvalue weighted by Gasteiger charge is -2.37. The first-order chi connectivity index (χ1) is 15.4. The van der Waals surface area contributed by atoms with Crippen molar-refractivity contribution in [2.75, 3.05) is 33.4 Å². The minimum atomic E-state index is -0.569. The summed E-state index contributed by atoms with van der Waals surface area (Å²) in [6, 6.07) is 6.98. The molecule has 1 aliphatic heterocycles. The van der Waals surface area contributed by atoms with Gasteiger partial charge in [0.15, 0.2) is 0 Å². The van der Waals surface area contributed by atoms with Gasteiger partial charge in [0.2, 0.25) is 0 Å². The molecule has 0 saturated carbocycles. The maximum Gasteiger partial charge on any atom is 0.309 e. The molecule has 1 N–H and O–H groups in total. The van der Waals surface area contributed by atoms with Crippen LogP contribution in [0.25, 0.3) is 0 Å². The maximum absolute atomic E-state index is 13.6. The van der Waals surface area contributed by atoms with Crippen LogP contribution in [0.2, 0.25) is 0 Å². The molecule has 2 heterocycles. The number of hydrogen-bond acceptors (Lipinski definition) is 6.